The van der Waals surface area contributed by atoms with Gasteiger partial charge in [-0.1, -0.05) is 19.8 Å². The lowest BCUT2D eigenvalue weighted by molar-refractivity contribution is -0.151. The van der Waals surface area contributed by atoms with Gasteiger partial charge < -0.3 is 15.1 Å². The van der Waals surface area contributed by atoms with Crippen molar-refractivity contribution in [3.63, 3.8) is 0 Å². The molecule has 160 valence electrons. The van der Waals surface area contributed by atoms with E-state index in [1.807, 2.05) is 0 Å². The summed E-state index contributed by atoms with van der Waals surface area (Å²) in [6.45, 7) is 3.63. The normalized spacial score (nSPS) is 25.2. The minimum atomic E-state index is -0.506. The molecule has 4 rings (SSSR count). The summed E-state index contributed by atoms with van der Waals surface area (Å²) in [6.07, 6.45) is 5.41. The van der Waals surface area contributed by atoms with Gasteiger partial charge in [0.2, 0.25) is 5.91 Å². The number of benzene rings is 1. The second-order valence-electron chi connectivity index (χ2n) is 8.28. The molecule has 0 spiro atoms. The van der Waals surface area contributed by atoms with Crippen LogP contribution in [0.3, 0.4) is 0 Å². The van der Waals surface area contributed by atoms with Crippen LogP contribution in [0.2, 0.25) is 0 Å². The van der Waals surface area contributed by atoms with Crippen LogP contribution in [0.15, 0.2) is 29.4 Å². The van der Waals surface area contributed by atoms with Crippen molar-refractivity contribution in [1.82, 2.24) is 15.2 Å². The molecule has 3 unspecified atom stereocenters. The third-order valence-corrected chi connectivity index (χ3v) is 6.22. The van der Waals surface area contributed by atoms with Crippen LogP contribution in [-0.2, 0) is 9.59 Å². The van der Waals surface area contributed by atoms with E-state index in [4.69, 9.17) is 0 Å². The number of nitrogens with zero attached hydrogens (tertiary/aromatic N) is 3. The van der Waals surface area contributed by atoms with Gasteiger partial charge in [0.1, 0.15) is 12.4 Å². The molecule has 1 saturated heterocycles. The van der Waals surface area contributed by atoms with Gasteiger partial charge in [-0.25, -0.2) is 0 Å². The first-order valence-corrected chi connectivity index (χ1v) is 10.8. The lowest BCUT2D eigenvalue weighted by Gasteiger charge is -2.51. The van der Waals surface area contributed by atoms with Crippen LogP contribution in [0.25, 0.3) is 0 Å². The van der Waals surface area contributed by atoms with Gasteiger partial charge in [0.25, 0.3) is 5.91 Å². The number of Topliss-reactive ketones (excluding diaryl/α,β-unsaturated/α-hetero) is 1. The maximum atomic E-state index is 13.3. The lowest BCUT2D eigenvalue weighted by Crippen LogP contribution is -2.69. The van der Waals surface area contributed by atoms with Gasteiger partial charge >= 0.3 is 0 Å². The highest BCUT2D eigenvalue weighted by Gasteiger charge is 2.50. The molecule has 0 bridgehead atoms. The summed E-state index contributed by atoms with van der Waals surface area (Å²) >= 11 is 0. The van der Waals surface area contributed by atoms with Gasteiger partial charge in [0.05, 0.1) is 12.1 Å². The summed E-state index contributed by atoms with van der Waals surface area (Å²) in [5.74, 6) is 0.621. The number of carbonyl (C=O) groups is 3. The fourth-order valence-electron chi connectivity index (χ4n) is 4.81. The van der Waals surface area contributed by atoms with Crippen molar-refractivity contribution in [3.8, 4) is 0 Å². The van der Waals surface area contributed by atoms with E-state index in [-0.39, 0.29) is 36.2 Å². The third-order valence-electron chi connectivity index (χ3n) is 6.22. The van der Waals surface area contributed by atoms with Gasteiger partial charge in [-0.05, 0) is 50.5 Å². The van der Waals surface area contributed by atoms with Crippen molar-refractivity contribution >= 4 is 29.1 Å². The highest BCUT2D eigenvalue weighted by atomic mass is 16.2. The highest BCUT2D eigenvalue weighted by molar-refractivity contribution is 5.99. The number of hydrogen-bond acceptors (Lipinski definition) is 6. The first-order chi connectivity index (χ1) is 14.5. The van der Waals surface area contributed by atoms with E-state index in [0.29, 0.717) is 11.3 Å². The standard InChI is InChI=1S/C22H29N5O3/c1-3-6-19-24-25-21-22(30)26(17-7-4-5-8-18(17)27(19)21)13-20(29)23-16-11-9-15(10-12-16)14(2)28/h9-12,17-18,21,25H,3-8,13H2,1-2H3,(H,23,29). The molecule has 1 aliphatic carbocycles. The topological polar surface area (TPSA) is 94.1 Å². The molecule has 1 saturated carbocycles. The molecule has 0 radical (unpaired) electrons. The monoisotopic (exact) mass is 411 g/mol. The van der Waals surface area contributed by atoms with E-state index in [1.54, 1.807) is 29.2 Å². The van der Waals surface area contributed by atoms with Gasteiger partial charge in [0.15, 0.2) is 11.9 Å². The Morgan fingerprint density at radius 2 is 1.87 bits per heavy atom. The molecular weight excluding hydrogens is 382 g/mol. The predicted octanol–water partition coefficient (Wildman–Crippen LogP) is 2.33. The molecule has 1 aromatic rings. The number of amidine groups is 1. The van der Waals surface area contributed by atoms with Crippen molar-refractivity contribution < 1.29 is 14.4 Å². The van der Waals surface area contributed by atoms with Crippen molar-refractivity contribution in [1.29, 1.82) is 0 Å². The number of hydrazone groups is 1. The van der Waals surface area contributed by atoms with Crippen LogP contribution in [-0.4, -0.2) is 58.0 Å². The second-order valence-corrected chi connectivity index (χ2v) is 8.28. The number of anilines is 1. The van der Waals surface area contributed by atoms with Crippen molar-refractivity contribution in [2.24, 2.45) is 5.10 Å². The molecule has 30 heavy (non-hydrogen) atoms. The van der Waals surface area contributed by atoms with Gasteiger partial charge in [-0.15, -0.1) is 0 Å². The molecule has 1 aromatic carbocycles. The van der Waals surface area contributed by atoms with E-state index < -0.39 is 6.17 Å². The Balaban J connectivity index is 1.47. The Morgan fingerprint density at radius 3 is 2.53 bits per heavy atom. The van der Waals surface area contributed by atoms with E-state index >= 15 is 0 Å². The summed E-state index contributed by atoms with van der Waals surface area (Å²) in [5.41, 5.74) is 4.22. The molecular formula is C22H29N5O3. The molecule has 2 N–H and O–H groups in total. The summed E-state index contributed by atoms with van der Waals surface area (Å²) in [6, 6.07) is 7.02. The maximum absolute atomic E-state index is 13.3. The van der Waals surface area contributed by atoms with Gasteiger partial charge in [0, 0.05) is 17.7 Å². The lowest BCUT2D eigenvalue weighted by atomic mass is 9.85. The molecule has 8 nitrogen and oxygen atoms in total. The van der Waals surface area contributed by atoms with Crippen LogP contribution < -0.4 is 10.7 Å². The number of piperazine rings is 1. The quantitative estimate of drug-likeness (QED) is 0.701. The zero-order valence-corrected chi connectivity index (χ0v) is 17.6. The van der Waals surface area contributed by atoms with Crippen molar-refractivity contribution in [2.75, 3.05) is 11.9 Å². The minimum absolute atomic E-state index is 0.0175. The SMILES string of the molecule is CCCC1=NNC2C(=O)N(CC(=O)Nc3ccc(C(C)=O)cc3)C3CCCCC3N12. The van der Waals surface area contributed by atoms with Gasteiger partial charge in [-0.2, -0.15) is 5.10 Å². The van der Waals surface area contributed by atoms with Crippen molar-refractivity contribution in [2.45, 2.75) is 70.6 Å². The fourth-order valence-corrected chi connectivity index (χ4v) is 4.81. The molecule has 0 aromatic heterocycles. The smallest absolute Gasteiger partial charge is 0.268 e. The zero-order valence-electron chi connectivity index (χ0n) is 17.6. The number of amides is 2. The molecule has 2 amide bonds. The first-order valence-electron chi connectivity index (χ1n) is 10.8. The Hall–Kier alpha value is -2.90. The average molecular weight is 412 g/mol. The fraction of sp³-hybridized carbons (Fsp3) is 0.545. The largest absolute Gasteiger partial charge is 0.325 e. The Kier molecular flexibility index (Phi) is 5.74. The summed E-state index contributed by atoms with van der Waals surface area (Å²) < 4.78 is 0. The number of rotatable bonds is 6. The maximum Gasteiger partial charge on any atom is 0.268 e. The summed E-state index contributed by atoms with van der Waals surface area (Å²) in [5, 5.41) is 7.29. The van der Waals surface area contributed by atoms with E-state index in [0.717, 1.165) is 44.4 Å². The zero-order chi connectivity index (χ0) is 21.3. The average Bonchev–Trinajstić information content (AvgIpc) is 3.16. The molecule has 3 atom stereocenters. The Morgan fingerprint density at radius 1 is 1.17 bits per heavy atom. The number of nitrogens with one attached hydrogen (secondary N) is 2. The van der Waals surface area contributed by atoms with Crippen LogP contribution in [0, 0.1) is 0 Å². The Bertz CT molecular complexity index is 866. The van der Waals surface area contributed by atoms with Crippen LogP contribution in [0.5, 0.6) is 0 Å². The molecule has 2 aliphatic heterocycles. The van der Waals surface area contributed by atoms with E-state index in [1.165, 1.54) is 6.92 Å². The van der Waals surface area contributed by atoms with E-state index in [9.17, 15) is 14.4 Å². The summed E-state index contributed by atoms with van der Waals surface area (Å²) in [7, 11) is 0. The summed E-state index contributed by atoms with van der Waals surface area (Å²) in [4.78, 5) is 41.3. The highest BCUT2D eigenvalue weighted by Crippen LogP contribution is 2.35. The van der Waals surface area contributed by atoms with Crippen LogP contribution in [0.1, 0.15) is 62.7 Å². The predicted molar refractivity (Wildman–Crippen MR) is 114 cm³/mol. The van der Waals surface area contributed by atoms with E-state index in [2.05, 4.69) is 27.7 Å². The number of ketones is 1. The second kappa shape index (κ2) is 8.45. The first kappa shape index (κ1) is 20.4. The molecule has 8 heteroatoms. The molecule has 3 aliphatic rings. The minimum Gasteiger partial charge on any atom is -0.325 e. The van der Waals surface area contributed by atoms with Gasteiger partial charge in [-0.3, -0.25) is 19.8 Å². The number of hydrogen-bond donors (Lipinski definition) is 2. The molecule has 2 heterocycles. The van der Waals surface area contributed by atoms with Crippen LogP contribution >= 0.6 is 0 Å². The van der Waals surface area contributed by atoms with Crippen molar-refractivity contribution in [3.05, 3.63) is 29.8 Å². The molecule has 2 fully saturated rings. The third kappa shape index (κ3) is 3.78. The number of carbonyl (C=O) groups excluding carboxylic acids is 3. The Labute approximate surface area is 176 Å². The number of fused-ring (bicyclic) bond motifs is 3. The van der Waals surface area contributed by atoms with Crippen LogP contribution in [0.4, 0.5) is 5.69 Å².